The number of carbonyl (C=O) groups is 1. The molecule has 2 N–H and O–H groups in total. The van der Waals surface area contributed by atoms with Crippen LogP contribution in [0.5, 0.6) is 0 Å². The molecule has 1 rings (SSSR count). The number of nitrogens with one attached hydrogen (secondary N) is 1. The number of nitrogens with zero attached hydrogens (tertiary/aromatic N) is 1. The first-order valence-corrected chi connectivity index (χ1v) is 8.09. The van der Waals surface area contributed by atoms with Gasteiger partial charge in [-0.1, -0.05) is 0 Å². The Balaban J connectivity index is 2.54. The van der Waals surface area contributed by atoms with Gasteiger partial charge in [-0.3, -0.25) is 4.79 Å². The van der Waals surface area contributed by atoms with Crippen molar-refractivity contribution in [1.82, 2.24) is 9.03 Å². The smallest absolute Gasteiger partial charge is 0.304 e. The van der Waals surface area contributed by atoms with Gasteiger partial charge in [0.15, 0.2) is 0 Å². The molecule has 0 unspecified atom stereocenters. The molecule has 0 bridgehead atoms. The van der Waals surface area contributed by atoms with Gasteiger partial charge in [0.05, 0.1) is 6.42 Å². The minimum Gasteiger partial charge on any atom is -0.481 e. The SMILES string of the molecule is CN(CCC(=O)O)S(=O)(=O)NCc1sccc1Br. The van der Waals surface area contributed by atoms with Gasteiger partial charge in [-0.2, -0.15) is 17.4 Å². The average molecular weight is 357 g/mol. The van der Waals surface area contributed by atoms with E-state index in [1.165, 1.54) is 18.4 Å². The monoisotopic (exact) mass is 356 g/mol. The van der Waals surface area contributed by atoms with Crippen LogP contribution in [0.25, 0.3) is 0 Å². The van der Waals surface area contributed by atoms with Gasteiger partial charge in [-0.05, 0) is 27.4 Å². The van der Waals surface area contributed by atoms with Gasteiger partial charge in [0, 0.05) is 29.5 Å². The van der Waals surface area contributed by atoms with Crippen molar-refractivity contribution in [1.29, 1.82) is 0 Å². The van der Waals surface area contributed by atoms with Crippen LogP contribution < -0.4 is 4.72 Å². The maximum absolute atomic E-state index is 11.8. The second-order valence-electron chi connectivity index (χ2n) is 3.48. The van der Waals surface area contributed by atoms with Crippen molar-refractivity contribution >= 4 is 43.4 Å². The Bertz CT molecular complexity index is 514. The van der Waals surface area contributed by atoms with E-state index in [0.29, 0.717) is 0 Å². The van der Waals surface area contributed by atoms with Gasteiger partial charge in [-0.15, -0.1) is 11.3 Å². The summed E-state index contributed by atoms with van der Waals surface area (Å²) in [6.45, 7) is 0.119. The highest BCUT2D eigenvalue weighted by molar-refractivity contribution is 9.10. The molecule has 0 atom stereocenters. The number of carboxylic acid groups (broad SMARTS) is 1. The summed E-state index contributed by atoms with van der Waals surface area (Å²) in [4.78, 5) is 11.2. The molecule has 0 radical (unpaired) electrons. The quantitative estimate of drug-likeness (QED) is 0.769. The molecular formula is C9H13BrN2O4S2. The largest absolute Gasteiger partial charge is 0.481 e. The Morgan fingerprint density at radius 2 is 2.28 bits per heavy atom. The highest BCUT2D eigenvalue weighted by Crippen LogP contribution is 2.22. The summed E-state index contributed by atoms with van der Waals surface area (Å²) in [5.74, 6) is -1.03. The summed E-state index contributed by atoms with van der Waals surface area (Å²) in [6, 6.07) is 1.84. The predicted molar refractivity (Wildman–Crippen MR) is 72.7 cm³/mol. The Hall–Kier alpha value is -0.480. The average Bonchev–Trinajstić information content (AvgIpc) is 2.69. The molecule has 0 aromatic carbocycles. The number of aliphatic carboxylic acids is 1. The van der Waals surface area contributed by atoms with Gasteiger partial charge in [0.1, 0.15) is 0 Å². The summed E-state index contributed by atoms with van der Waals surface area (Å²) in [6.07, 6.45) is -0.222. The molecule has 0 aliphatic heterocycles. The van der Waals surface area contributed by atoms with Crippen LogP contribution in [0.1, 0.15) is 11.3 Å². The number of thiophene rings is 1. The molecule has 9 heteroatoms. The molecular weight excluding hydrogens is 344 g/mol. The van der Waals surface area contributed by atoms with Crippen LogP contribution in [0.15, 0.2) is 15.9 Å². The maximum atomic E-state index is 11.8. The van der Waals surface area contributed by atoms with Crippen molar-refractivity contribution < 1.29 is 18.3 Å². The van der Waals surface area contributed by atoms with Crippen LogP contribution in [0, 0.1) is 0 Å². The van der Waals surface area contributed by atoms with E-state index in [4.69, 9.17) is 5.11 Å². The first kappa shape index (κ1) is 15.6. The van der Waals surface area contributed by atoms with Crippen LogP contribution in [-0.2, 0) is 21.5 Å². The van der Waals surface area contributed by atoms with Crippen LogP contribution in [0.3, 0.4) is 0 Å². The van der Waals surface area contributed by atoms with E-state index in [9.17, 15) is 13.2 Å². The van der Waals surface area contributed by atoms with E-state index in [-0.39, 0.29) is 19.5 Å². The highest BCUT2D eigenvalue weighted by Gasteiger charge is 2.18. The lowest BCUT2D eigenvalue weighted by Gasteiger charge is -2.16. The van der Waals surface area contributed by atoms with E-state index in [0.717, 1.165) is 13.7 Å². The molecule has 0 aliphatic carbocycles. The molecule has 6 nitrogen and oxygen atoms in total. The minimum atomic E-state index is -3.64. The summed E-state index contributed by atoms with van der Waals surface area (Å²) in [7, 11) is -2.30. The number of hydrogen-bond donors (Lipinski definition) is 2. The molecule has 0 saturated carbocycles. The Morgan fingerprint density at radius 3 is 2.78 bits per heavy atom. The first-order valence-electron chi connectivity index (χ1n) is 4.97. The summed E-state index contributed by atoms with van der Waals surface area (Å²) >= 11 is 4.74. The highest BCUT2D eigenvalue weighted by atomic mass is 79.9. The minimum absolute atomic E-state index is 0.0592. The third-order valence-corrected chi connectivity index (χ3v) is 5.60. The van der Waals surface area contributed by atoms with Crippen molar-refractivity contribution in [2.75, 3.05) is 13.6 Å². The lowest BCUT2D eigenvalue weighted by molar-refractivity contribution is -0.137. The van der Waals surface area contributed by atoms with Crippen molar-refractivity contribution in [2.24, 2.45) is 0 Å². The number of hydrogen-bond acceptors (Lipinski definition) is 4. The second-order valence-corrected chi connectivity index (χ2v) is 7.20. The molecule has 0 saturated heterocycles. The van der Waals surface area contributed by atoms with Crippen LogP contribution >= 0.6 is 27.3 Å². The fraction of sp³-hybridized carbons (Fsp3) is 0.444. The molecule has 102 valence electrons. The van der Waals surface area contributed by atoms with E-state index in [1.54, 1.807) is 0 Å². The van der Waals surface area contributed by atoms with Gasteiger partial charge in [0.2, 0.25) is 0 Å². The van der Waals surface area contributed by atoms with Crippen molar-refractivity contribution in [2.45, 2.75) is 13.0 Å². The molecule has 0 spiro atoms. The first-order chi connectivity index (χ1) is 8.33. The van der Waals surface area contributed by atoms with Gasteiger partial charge < -0.3 is 5.11 Å². The topological polar surface area (TPSA) is 86.7 Å². The van der Waals surface area contributed by atoms with E-state index in [2.05, 4.69) is 20.7 Å². The molecule has 0 aliphatic rings. The maximum Gasteiger partial charge on any atom is 0.304 e. The molecule has 1 aromatic rings. The zero-order valence-corrected chi connectivity index (χ0v) is 12.8. The van der Waals surface area contributed by atoms with Crippen LogP contribution in [-0.4, -0.2) is 37.4 Å². The van der Waals surface area contributed by atoms with Crippen molar-refractivity contribution in [3.8, 4) is 0 Å². The van der Waals surface area contributed by atoms with Gasteiger partial charge >= 0.3 is 5.97 Å². The second kappa shape index (κ2) is 6.62. The summed E-state index contributed by atoms with van der Waals surface area (Å²) in [5.41, 5.74) is 0. The number of halogens is 1. The van der Waals surface area contributed by atoms with Crippen molar-refractivity contribution in [3.63, 3.8) is 0 Å². The summed E-state index contributed by atoms with van der Waals surface area (Å²) in [5, 5.41) is 10.3. The third-order valence-electron chi connectivity index (χ3n) is 2.16. The zero-order chi connectivity index (χ0) is 13.8. The molecule has 1 heterocycles. The number of carboxylic acids is 1. The van der Waals surface area contributed by atoms with Gasteiger partial charge in [-0.25, -0.2) is 0 Å². The zero-order valence-electron chi connectivity index (χ0n) is 9.59. The Labute approximate surface area is 118 Å². The normalized spacial score (nSPS) is 11.9. The predicted octanol–water partition coefficient (Wildman–Crippen LogP) is 1.25. The summed E-state index contributed by atoms with van der Waals surface area (Å²) < 4.78 is 27.8. The van der Waals surface area contributed by atoms with Crippen LogP contribution in [0.2, 0.25) is 0 Å². The lowest BCUT2D eigenvalue weighted by Crippen LogP contribution is -2.38. The Morgan fingerprint density at radius 1 is 1.61 bits per heavy atom. The van der Waals surface area contributed by atoms with Crippen molar-refractivity contribution in [3.05, 3.63) is 20.8 Å². The van der Waals surface area contributed by atoms with E-state index in [1.807, 2.05) is 11.4 Å². The van der Waals surface area contributed by atoms with Crippen LogP contribution in [0.4, 0.5) is 0 Å². The van der Waals surface area contributed by atoms with E-state index < -0.39 is 16.2 Å². The molecule has 1 aromatic heterocycles. The molecule has 0 fully saturated rings. The Kier molecular flexibility index (Phi) is 5.73. The third kappa shape index (κ3) is 4.65. The molecule has 18 heavy (non-hydrogen) atoms. The van der Waals surface area contributed by atoms with E-state index >= 15 is 0 Å². The fourth-order valence-electron chi connectivity index (χ4n) is 1.09. The fourth-order valence-corrected chi connectivity index (χ4v) is 3.49. The standard InChI is InChI=1S/C9H13BrN2O4S2/c1-12(4-2-9(13)14)18(15,16)11-6-8-7(10)3-5-17-8/h3,5,11H,2,4,6H2,1H3,(H,13,14). The lowest BCUT2D eigenvalue weighted by atomic mass is 10.4. The molecule has 0 amide bonds. The number of rotatable bonds is 7. The van der Waals surface area contributed by atoms with Gasteiger partial charge in [0.25, 0.3) is 10.2 Å².